The van der Waals surface area contributed by atoms with Crippen molar-refractivity contribution in [3.63, 3.8) is 0 Å². The molecule has 1 aromatic carbocycles. The Morgan fingerprint density at radius 3 is 2.62 bits per heavy atom. The van der Waals surface area contributed by atoms with Gasteiger partial charge in [-0.2, -0.15) is 0 Å². The van der Waals surface area contributed by atoms with Crippen molar-refractivity contribution in [2.75, 3.05) is 31.2 Å². The Morgan fingerprint density at radius 1 is 1.33 bits per heavy atom. The second kappa shape index (κ2) is 7.13. The summed E-state index contributed by atoms with van der Waals surface area (Å²) in [6, 6.07) is 7.11. The van der Waals surface area contributed by atoms with E-state index in [1.54, 1.807) is 16.4 Å². The van der Waals surface area contributed by atoms with Crippen molar-refractivity contribution in [2.24, 2.45) is 5.92 Å². The van der Waals surface area contributed by atoms with E-state index in [4.69, 9.17) is 10.5 Å². The summed E-state index contributed by atoms with van der Waals surface area (Å²) in [7, 11) is -3.26. The molecule has 1 fully saturated rings. The van der Waals surface area contributed by atoms with Gasteiger partial charge in [-0.3, -0.25) is 0 Å². The Labute approximate surface area is 127 Å². The maximum atomic E-state index is 12.3. The third-order valence-electron chi connectivity index (χ3n) is 3.95. The van der Waals surface area contributed by atoms with Crippen molar-refractivity contribution >= 4 is 15.7 Å². The fourth-order valence-corrected chi connectivity index (χ4v) is 3.78. The lowest BCUT2D eigenvalue weighted by molar-refractivity contribution is 0.248. The molecule has 1 aliphatic carbocycles. The van der Waals surface area contributed by atoms with Crippen LogP contribution in [0.1, 0.15) is 26.2 Å². The van der Waals surface area contributed by atoms with E-state index in [1.807, 2.05) is 19.1 Å². The van der Waals surface area contributed by atoms with Crippen LogP contribution in [0.5, 0.6) is 5.75 Å². The van der Waals surface area contributed by atoms with Gasteiger partial charge < -0.3 is 10.5 Å². The second-order valence-corrected chi connectivity index (χ2v) is 7.54. The highest BCUT2D eigenvalue weighted by molar-refractivity contribution is 7.89. The minimum atomic E-state index is -3.26. The molecular weight excluding hydrogens is 288 g/mol. The third-order valence-corrected chi connectivity index (χ3v) is 5.83. The standard InChI is InChI=1S/C15H24N2O3S/c1-2-17(12-13-6-5-7-13)21(18,19)11-10-20-15-9-4-3-8-14(15)16/h3-4,8-9,13H,2,5-7,10-12,16H2,1H3. The Hall–Kier alpha value is -1.27. The van der Waals surface area contributed by atoms with Gasteiger partial charge in [0.15, 0.2) is 0 Å². The summed E-state index contributed by atoms with van der Waals surface area (Å²) in [6.07, 6.45) is 3.50. The van der Waals surface area contributed by atoms with Crippen molar-refractivity contribution in [1.82, 2.24) is 4.31 Å². The summed E-state index contributed by atoms with van der Waals surface area (Å²) < 4.78 is 31.7. The molecule has 1 aromatic rings. The zero-order chi connectivity index (χ0) is 15.3. The Kier molecular flexibility index (Phi) is 5.47. The number of sulfonamides is 1. The monoisotopic (exact) mass is 312 g/mol. The number of nitrogens with two attached hydrogens (primary N) is 1. The van der Waals surface area contributed by atoms with Crippen molar-refractivity contribution in [3.8, 4) is 5.75 Å². The van der Waals surface area contributed by atoms with Crippen LogP contribution in [0.4, 0.5) is 5.69 Å². The largest absolute Gasteiger partial charge is 0.490 e. The van der Waals surface area contributed by atoms with E-state index >= 15 is 0 Å². The molecule has 0 amide bonds. The number of anilines is 1. The number of rotatable bonds is 8. The molecule has 0 bridgehead atoms. The minimum Gasteiger partial charge on any atom is -0.490 e. The average Bonchev–Trinajstić information content (AvgIpc) is 2.39. The highest BCUT2D eigenvalue weighted by Crippen LogP contribution is 2.28. The number of para-hydroxylation sites is 2. The molecule has 6 heteroatoms. The first-order chi connectivity index (χ1) is 10.0. The maximum absolute atomic E-state index is 12.3. The van der Waals surface area contributed by atoms with Crippen molar-refractivity contribution in [2.45, 2.75) is 26.2 Å². The normalized spacial score (nSPS) is 15.9. The lowest BCUT2D eigenvalue weighted by Gasteiger charge is -2.31. The van der Waals surface area contributed by atoms with E-state index in [2.05, 4.69) is 0 Å². The first kappa shape index (κ1) is 16.1. The van der Waals surface area contributed by atoms with Crippen molar-refractivity contribution in [3.05, 3.63) is 24.3 Å². The van der Waals surface area contributed by atoms with Crippen LogP contribution in [-0.2, 0) is 10.0 Å². The van der Waals surface area contributed by atoms with Gasteiger partial charge in [0.05, 0.1) is 11.4 Å². The average molecular weight is 312 g/mol. The molecule has 1 aliphatic rings. The van der Waals surface area contributed by atoms with Crippen LogP contribution in [0.15, 0.2) is 24.3 Å². The highest BCUT2D eigenvalue weighted by atomic mass is 32.2. The van der Waals surface area contributed by atoms with Gasteiger partial charge in [0.1, 0.15) is 12.4 Å². The zero-order valence-electron chi connectivity index (χ0n) is 12.5. The first-order valence-corrected chi connectivity index (χ1v) is 9.09. The third kappa shape index (κ3) is 4.35. The Bertz CT molecular complexity index is 556. The molecule has 2 rings (SSSR count). The van der Waals surface area contributed by atoms with Crippen LogP contribution >= 0.6 is 0 Å². The molecule has 0 spiro atoms. The van der Waals surface area contributed by atoms with Crippen molar-refractivity contribution in [1.29, 1.82) is 0 Å². The fraction of sp³-hybridized carbons (Fsp3) is 0.600. The molecular formula is C15H24N2O3S. The van der Waals surface area contributed by atoms with Gasteiger partial charge in [0.2, 0.25) is 10.0 Å². The molecule has 0 heterocycles. The summed E-state index contributed by atoms with van der Waals surface area (Å²) in [5, 5.41) is 0. The number of benzene rings is 1. The van der Waals surface area contributed by atoms with Gasteiger partial charge in [-0.05, 0) is 30.9 Å². The second-order valence-electron chi connectivity index (χ2n) is 5.45. The first-order valence-electron chi connectivity index (χ1n) is 7.48. The molecule has 0 saturated heterocycles. The number of ether oxygens (including phenoxy) is 1. The molecule has 0 aliphatic heterocycles. The SMILES string of the molecule is CCN(CC1CCC1)S(=O)(=O)CCOc1ccccc1N. The molecule has 0 radical (unpaired) electrons. The lowest BCUT2D eigenvalue weighted by atomic mass is 9.85. The highest BCUT2D eigenvalue weighted by Gasteiger charge is 2.27. The maximum Gasteiger partial charge on any atom is 0.217 e. The van der Waals surface area contributed by atoms with E-state index in [0.717, 1.165) is 12.8 Å². The van der Waals surface area contributed by atoms with Gasteiger partial charge in [0.25, 0.3) is 0 Å². The number of hydrogen-bond acceptors (Lipinski definition) is 4. The van der Waals surface area contributed by atoms with Crippen molar-refractivity contribution < 1.29 is 13.2 Å². The summed E-state index contributed by atoms with van der Waals surface area (Å²) >= 11 is 0. The van der Waals surface area contributed by atoms with Crippen LogP contribution in [0.25, 0.3) is 0 Å². The van der Waals surface area contributed by atoms with Gasteiger partial charge in [0, 0.05) is 13.1 Å². The summed E-state index contributed by atoms with van der Waals surface area (Å²) in [5.41, 5.74) is 6.29. The van der Waals surface area contributed by atoms with Crippen LogP contribution < -0.4 is 10.5 Å². The Morgan fingerprint density at radius 2 is 2.05 bits per heavy atom. The summed E-state index contributed by atoms with van der Waals surface area (Å²) in [5.74, 6) is 1.06. The topological polar surface area (TPSA) is 72.6 Å². The summed E-state index contributed by atoms with van der Waals surface area (Å²) in [4.78, 5) is 0. The van der Waals surface area contributed by atoms with E-state index < -0.39 is 10.0 Å². The predicted molar refractivity (Wildman–Crippen MR) is 84.7 cm³/mol. The van der Waals surface area contributed by atoms with Crippen LogP contribution in [-0.4, -0.2) is 38.2 Å². The van der Waals surface area contributed by atoms with Crippen LogP contribution in [0.3, 0.4) is 0 Å². The minimum absolute atomic E-state index is 0.0120. The predicted octanol–water partition coefficient (Wildman–Crippen LogP) is 2.10. The molecule has 5 nitrogen and oxygen atoms in total. The molecule has 1 saturated carbocycles. The molecule has 118 valence electrons. The molecule has 2 N–H and O–H groups in total. The quantitative estimate of drug-likeness (QED) is 0.746. The van der Waals surface area contributed by atoms with Crippen LogP contribution in [0.2, 0.25) is 0 Å². The fourth-order valence-electron chi connectivity index (χ4n) is 2.40. The molecule has 0 aromatic heterocycles. The van der Waals surface area contributed by atoms with Gasteiger partial charge in [-0.15, -0.1) is 0 Å². The van der Waals surface area contributed by atoms with Gasteiger partial charge in [-0.25, -0.2) is 12.7 Å². The zero-order valence-corrected chi connectivity index (χ0v) is 13.3. The number of nitrogen functional groups attached to an aromatic ring is 1. The molecule has 21 heavy (non-hydrogen) atoms. The van der Waals surface area contributed by atoms with Gasteiger partial charge >= 0.3 is 0 Å². The van der Waals surface area contributed by atoms with Crippen LogP contribution in [0, 0.1) is 5.92 Å². The van der Waals surface area contributed by atoms with E-state index in [9.17, 15) is 8.42 Å². The Balaban J connectivity index is 1.86. The smallest absolute Gasteiger partial charge is 0.217 e. The van der Waals surface area contributed by atoms with E-state index in [1.165, 1.54) is 6.42 Å². The number of hydrogen-bond donors (Lipinski definition) is 1. The molecule has 0 unspecified atom stereocenters. The lowest BCUT2D eigenvalue weighted by Crippen LogP contribution is -2.39. The number of nitrogens with zero attached hydrogens (tertiary/aromatic N) is 1. The molecule has 0 atom stereocenters. The summed E-state index contributed by atoms with van der Waals surface area (Å²) in [6.45, 7) is 3.17. The van der Waals surface area contributed by atoms with E-state index in [0.29, 0.717) is 30.4 Å². The van der Waals surface area contributed by atoms with E-state index in [-0.39, 0.29) is 12.4 Å². The van der Waals surface area contributed by atoms with Gasteiger partial charge in [-0.1, -0.05) is 25.5 Å².